The van der Waals surface area contributed by atoms with Crippen molar-refractivity contribution >= 4 is 28.7 Å². The summed E-state index contributed by atoms with van der Waals surface area (Å²) in [6, 6.07) is 8.48. The van der Waals surface area contributed by atoms with Crippen LogP contribution in [0.2, 0.25) is 0 Å². The molecule has 33 heavy (non-hydrogen) atoms. The van der Waals surface area contributed by atoms with Crippen LogP contribution in [0.25, 0.3) is 10.9 Å². The molecule has 0 saturated carbocycles. The van der Waals surface area contributed by atoms with E-state index in [9.17, 15) is 19.5 Å². The molecule has 2 aromatic heterocycles. The number of fused-ring (bicyclic) bond motifs is 1. The number of nitrogens with zero attached hydrogens (tertiary/aromatic N) is 1. The molecule has 4 N–H and O–H groups in total. The highest BCUT2D eigenvalue weighted by molar-refractivity contribution is 6.01. The van der Waals surface area contributed by atoms with Crippen LogP contribution in [-0.4, -0.2) is 52.1 Å². The molecule has 2 heterocycles. The van der Waals surface area contributed by atoms with Gasteiger partial charge in [0.1, 0.15) is 23.5 Å². The third-order valence-corrected chi connectivity index (χ3v) is 5.19. The van der Waals surface area contributed by atoms with Gasteiger partial charge >= 0.3 is 5.97 Å². The van der Waals surface area contributed by atoms with E-state index in [-0.39, 0.29) is 18.0 Å². The third-order valence-electron chi connectivity index (χ3n) is 5.19. The van der Waals surface area contributed by atoms with Crippen molar-refractivity contribution in [3.63, 3.8) is 0 Å². The highest BCUT2D eigenvalue weighted by Gasteiger charge is 2.28. The van der Waals surface area contributed by atoms with Gasteiger partial charge < -0.3 is 25.5 Å². The number of benzene rings is 1. The Kier molecular flexibility index (Phi) is 7.66. The zero-order chi connectivity index (χ0) is 24.0. The van der Waals surface area contributed by atoms with Crippen LogP contribution in [0.3, 0.4) is 0 Å². The molecule has 0 saturated heterocycles. The SMILES string of the molecule is COc1cccc2[nH]c(C(=O)NC(CC(C)C)C(=O)NC(Cc3cccnc3)C(=O)O)cc12. The fourth-order valence-electron chi connectivity index (χ4n) is 3.59. The lowest BCUT2D eigenvalue weighted by Crippen LogP contribution is -2.52. The largest absolute Gasteiger partial charge is 0.496 e. The summed E-state index contributed by atoms with van der Waals surface area (Å²) < 4.78 is 5.33. The van der Waals surface area contributed by atoms with Gasteiger partial charge in [-0.05, 0) is 42.2 Å². The Labute approximate surface area is 191 Å². The first-order valence-electron chi connectivity index (χ1n) is 10.7. The van der Waals surface area contributed by atoms with Gasteiger partial charge in [0.25, 0.3) is 5.91 Å². The van der Waals surface area contributed by atoms with Crippen LogP contribution in [0.1, 0.15) is 36.3 Å². The number of pyridine rings is 1. The van der Waals surface area contributed by atoms with E-state index in [1.807, 2.05) is 26.0 Å². The van der Waals surface area contributed by atoms with Gasteiger partial charge in [0.2, 0.25) is 5.91 Å². The first-order chi connectivity index (χ1) is 15.8. The van der Waals surface area contributed by atoms with Crippen molar-refractivity contribution in [1.29, 1.82) is 0 Å². The molecule has 1 aromatic carbocycles. The van der Waals surface area contributed by atoms with Crippen molar-refractivity contribution in [3.8, 4) is 5.75 Å². The fraction of sp³-hybridized carbons (Fsp3) is 0.333. The van der Waals surface area contributed by atoms with Crippen LogP contribution in [0.5, 0.6) is 5.75 Å². The molecule has 0 fully saturated rings. The molecule has 0 radical (unpaired) electrons. The molecule has 0 bridgehead atoms. The molecule has 2 amide bonds. The zero-order valence-electron chi connectivity index (χ0n) is 18.8. The molecule has 3 aromatic rings. The Morgan fingerprint density at radius 3 is 2.55 bits per heavy atom. The Balaban J connectivity index is 1.76. The van der Waals surface area contributed by atoms with Gasteiger partial charge in [-0.25, -0.2) is 4.79 Å². The minimum absolute atomic E-state index is 0.0824. The number of methoxy groups -OCH3 is 1. The molecular weight excluding hydrogens is 424 g/mol. The number of rotatable bonds is 10. The summed E-state index contributed by atoms with van der Waals surface area (Å²) in [5.74, 6) is -1.47. The van der Waals surface area contributed by atoms with E-state index >= 15 is 0 Å². The summed E-state index contributed by atoms with van der Waals surface area (Å²) in [5.41, 5.74) is 1.69. The number of carbonyl (C=O) groups excluding carboxylic acids is 2. The molecule has 2 unspecified atom stereocenters. The average Bonchev–Trinajstić information content (AvgIpc) is 3.23. The number of ether oxygens (including phenoxy) is 1. The molecule has 9 heteroatoms. The first kappa shape index (κ1) is 23.8. The predicted octanol–water partition coefficient (Wildman–Crippen LogP) is 2.53. The summed E-state index contributed by atoms with van der Waals surface area (Å²) in [7, 11) is 1.55. The number of H-pyrrole nitrogens is 1. The Morgan fingerprint density at radius 2 is 1.91 bits per heavy atom. The molecular formula is C24H28N4O5. The summed E-state index contributed by atoms with van der Waals surface area (Å²) in [6.45, 7) is 3.84. The Bertz CT molecular complexity index is 1130. The van der Waals surface area contributed by atoms with Crippen LogP contribution >= 0.6 is 0 Å². The monoisotopic (exact) mass is 452 g/mol. The predicted molar refractivity (Wildman–Crippen MR) is 123 cm³/mol. The number of aliphatic carboxylic acids is 1. The molecule has 0 aliphatic carbocycles. The maximum atomic E-state index is 13.0. The first-order valence-corrected chi connectivity index (χ1v) is 10.7. The molecule has 2 atom stereocenters. The van der Waals surface area contributed by atoms with Crippen molar-refractivity contribution < 1.29 is 24.2 Å². The number of amides is 2. The molecule has 0 aliphatic heterocycles. The van der Waals surface area contributed by atoms with Crippen LogP contribution in [0, 0.1) is 5.92 Å². The van der Waals surface area contributed by atoms with Crippen molar-refractivity contribution in [3.05, 3.63) is 60.0 Å². The number of hydrogen-bond donors (Lipinski definition) is 4. The minimum Gasteiger partial charge on any atom is -0.496 e. The molecule has 0 spiro atoms. The van der Waals surface area contributed by atoms with Crippen molar-refractivity contribution in [1.82, 2.24) is 20.6 Å². The quantitative estimate of drug-likeness (QED) is 0.374. The number of carbonyl (C=O) groups is 3. The molecule has 3 rings (SSSR count). The van der Waals surface area contributed by atoms with Crippen LogP contribution < -0.4 is 15.4 Å². The second kappa shape index (κ2) is 10.6. The van der Waals surface area contributed by atoms with E-state index in [0.717, 1.165) is 10.9 Å². The normalized spacial score (nSPS) is 12.8. The van der Waals surface area contributed by atoms with E-state index in [4.69, 9.17) is 4.74 Å². The van der Waals surface area contributed by atoms with Crippen molar-refractivity contribution in [2.75, 3.05) is 7.11 Å². The molecule has 174 valence electrons. The molecule has 9 nitrogen and oxygen atoms in total. The van der Waals surface area contributed by atoms with Gasteiger partial charge in [0, 0.05) is 29.7 Å². The van der Waals surface area contributed by atoms with E-state index in [2.05, 4.69) is 20.6 Å². The smallest absolute Gasteiger partial charge is 0.326 e. The van der Waals surface area contributed by atoms with E-state index in [1.54, 1.807) is 43.8 Å². The van der Waals surface area contributed by atoms with Gasteiger partial charge in [-0.1, -0.05) is 26.0 Å². The topological polar surface area (TPSA) is 133 Å². The summed E-state index contributed by atoms with van der Waals surface area (Å²) in [4.78, 5) is 44.7. The van der Waals surface area contributed by atoms with Crippen molar-refractivity contribution in [2.24, 2.45) is 5.92 Å². The third kappa shape index (κ3) is 6.09. The molecule has 0 aliphatic rings. The Morgan fingerprint density at radius 1 is 1.12 bits per heavy atom. The number of hydrogen-bond acceptors (Lipinski definition) is 5. The maximum Gasteiger partial charge on any atom is 0.326 e. The van der Waals surface area contributed by atoms with Crippen LogP contribution in [-0.2, 0) is 16.0 Å². The Hall–Kier alpha value is -3.88. The minimum atomic E-state index is -1.16. The van der Waals surface area contributed by atoms with Crippen LogP contribution in [0.15, 0.2) is 48.8 Å². The summed E-state index contributed by atoms with van der Waals surface area (Å²) in [6.07, 6.45) is 3.57. The number of aromatic amines is 1. The summed E-state index contributed by atoms with van der Waals surface area (Å²) in [5, 5.41) is 15.6. The standard InChI is InChI=1S/C24H28N4O5/c1-14(2)10-18(22(29)28-20(24(31)32)11-15-6-5-9-25-13-15)27-23(30)19-12-16-17(26-19)7-4-8-21(16)33-3/h4-9,12-14,18,20,26H,10-11H2,1-3H3,(H,27,30)(H,28,29)(H,31,32). The maximum absolute atomic E-state index is 13.0. The van der Waals surface area contributed by atoms with E-state index in [1.165, 1.54) is 0 Å². The second-order valence-electron chi connectivity index (χ2n) is 8.22. The lowest BCUT2D eigenvalue weighted by Gasteiger charge is -2.22. The second-order valence-corrected chi connectivity index (χ2v) is 8.22. The van der Waals surface area contributed by atoms with Gasteiger partial charge in [0.05, 0.1) is 7.11 Å². The lowest BCUT2D eigenvalue weighted by molar-refractivity contribution is -0.142. The van der Waals surface area contributed by atoms with Gasteiger partial charge in [-0.3, -0.25) is 14.6 Å². The highest BCUT2D eigenvalue weighted by atomic mass is 16.5. The van der Waals surface area contributed by atoms with Gasteiger partial charge in [-0.2, -0.15) is 0 Å². The number of aromatic nitrogens is 2. The van der Waals surface area contributed by atoms with Gasteiger partial charge in [-0.15, -0.1) is 0 Å². The zero-order valence-corrected chi connectivity index (χ0v) is 18.8. The van der Waals surface area contributed by atoms with Crippen molar-refractivity contribution in [2.45, 2.75) is 38.8 Å². The lowest BCUT2D eigenvalue weighted by atomic mass is 10.0. The number of carboxylic acids is 1. The summed E-state index contributed by atoms with van der Waals surface area (Å²) >= 11 is 0. The number of carboxylic acid groups (broad SMARTS) is 1. The number of nitrogens with one attached hydrogen (secondary N) is 3. The average molecular weight is 453 g/mol. The van der Waals surface area contributed by atoms with Gasteiger partial charge in [0.15, 0.2) is 0 Å². The fourth-order valence-corrected chi connectivity index (χ4v) is 3.59. The highest BCUT2D eigenvalue weighted by Crippen LogP contribution is 2.26. The van der Waals surface area contributed by atoms with Crippen LogP contribution in [0.4, 0.5) is 0 Å². The van der Waals surface area contributed by atoms with E-state index in [0.29, 0.717) is 17.7 Å². The van der Waals surface area contributed by atoms with E-state index < -0.39 is 29.9 Å².